The van der Waals surface area contributed by atoms with E-state index in [1.54, 1.807) is 45.0 Å². The van der Waals surface area contributed by atoms with Crippen LogP contribution in [0.4, 0.5) is 0 Å². The minimum Gasteiger partial charge on any atom is -0.496 e. The van der Waals surface area contributed by atoms with Crippen molar-refractivity contribution >= 4 is 29.6 Å². The number of para-hydroxylation sites is 1. The number of carbonyl (C=O) groups is 3. The van der Waals surface area contributed by atoms with Gasteiger partial charge in [-0.2, -0.15) is 0 Å². The molecular weight excluding hydrogens is 408 g/mol. The van der Waals surface area contributed by atoms with Gasteiger partial charge in [-0.1, -0.05) is 30.0 Å². The van der Waals surface area contributed by atoms with Gasteiger partial charge in [0.05, 0.1) is 47.7 Å². The molecule has 0 spiro atoms. The molecule has 160 valence electrons. The zero-order valence-corrected chi connectivity index (χ0v) is 18.1. The van der Waals surface area contributed by atoms with Crippen LogP contribution in [0.15, 0.2) is 46.3 Å². The predicted octanol–water partition coefficient (Wildman–Crippen LogP) is 2.26. The first-order valence-electron chi connectivity index (χ1n) is 9.58. The maximum Gasteiger partial charge on any atom is 0.338 e. The molecule has 0 aromatic heterocycles. The van der Waals surface area contributed by atoms with Crippen molar-refractivity contribution in [1.29, 1.82) is 0 Å². The molecule has 2 atom stereocenters. The van der Waals surface area contributed by atoms with E-state index < -0.39 is 23.1 Å². The molecule has 2 unspecified atom stereocenters. The third-order valence-electron chi connectivity index (χ3n) is 4.82. The second-order valence-electron chi connectivity index (χ2n) is 6.57. The van der Waals surface area contributed by atoms with Crippen molar-refractivity contribution in [3.8, 4) is 5.75 Å². The quantitative estimate of drug-likeness (QED) is 0.682. The first kappa shape index (κ1) is 21.8. The number of carbonyl (C=O) groups excluding carboxylic acids is 3. The molecule has 2 aliphatic rings. The van der Waals surface area contributed by atoms with E-state index >= 15 is 0 Å². The van der Waals surface area contributed by atoms with Crippen LogP contribution in [0.5, 0.6) is 5.75 Å². The number of fused-ring (bicyclic) bond motifs is 1. The summed E-state index contributed by atoms with van der Waals surface area (Å²) < 4.78 is 16.0. The fourth-order valence-electron chi connectivity index (χ4n) is 3.56. The average molecular weight is 432 g/mol. The van der Waals surface area contributed by atoms with Crippen LogP contribution >= 0.6 is 11.8 Å². The van der Waals surface area contributed by atoms with E-state index in [0.29, 0.717) is 16.3 Å². The van der Waals surface area contributed by atoms with Gasteiger partial charge in [-0.25, -0.2) is 9.59 Å². The van der Waals surface area contributed by atoms with E-state index in [1.807, 2.05) is 0 Å². The molecule has 0 radical (unpaired) electrons. The second kappa shape index (κ2) is 8.83. The zero-order chi connectivity index (χ0) is 22.0. The van der Waals surface area contributed by atoms with Gasteiger partial charge in [0.1, 0.15) is 11.6 Å². The fourth-order valence-corrected chi connectivity index (χ4v) is 4.72. The molecule has 2 heterocycles. The normalized spacial score (nSPS) is 20.9. The van der Waals surface area contributed by atoms with Crippen molar-refractivity contribution < 1.29 is 28.6 Å². The molecule has 1 saturated heterocycles. The molecule has 30 heavy (non-hydrogen) atoms. The lowest BCUT2D eigenvalue weighted by Gasteiger charge is -2.33. The number of methoxy groups -OCH3 is 1. The molecule has 2 N–H and O–H groups in total. The summed E-state index contributed by atoms with van der Waals surface area (Å²) in [5, 5.41) is -0.102. The largest absolute Gasteiger partial charge is 0.496 e. The average Bonchev–Trinajstić information content (AvgIpc) is 3.02. The molecule has 0 bridgehead atoms. The van der Waals surface area contributed by atoms with E-state index in [2.05, 4.69) is 0 Å². The highest BCUT2D eigenvalue weighted by molar-refractivity contribution is 8.04. The first-order valence-corrected chi connectivity index (χ1v) is 10.5. The standard InChI is InChI=1S/C21H24N2O6S/c1-5-28-20(25)15-14(12-9-7-8-10-13(12)27-4)16(21(26)29-6-2)19-23(17(15)22)18(24)11(3)30-19/h7-11,14H,5-6,22H2,1-4H3. The minimum atomic E-state index is -0.906. The molecule has 0 saturated carbocycles. The summed E-state index contributed by atoms with van der Waals surface area (Å²) in [6.45, 7) is 5.32. The minimum absolute atomic E-state index is 0.0104. The van der Waals surface area contributed by atoms with Crippen LogP contribution in [-0.2, 0) is 23.9 Å². The number of nitrogens with zero attached hydrogens (tertiary/aromatic N) is 1. The number of rotatable bonds is 6. The molecule has 1 amide bonds. The summed E-state index contributed by atoms with van der Waals surface area (Å²) in [4.78, 5) is 40.1. The Morgan fingerprint density at radius 1 is 1.10 bits per heavy atom. The third-order valence-corrected chi connectivity index (χ3v) is 6.01. The highest BCUT2D eigenvalue weighted by Crippen LogP contribution is 2.51. The predicted molar refractivity (Wildman–Crippen MR) is 111 cm³/mol. The Morgan fingerprint density at radius 3 is 2.30 bits per heavy atom. The van der Waals surface area contributed by atoms with Crippen LogP contribution in [-0.4, -0.2) is 48.3 Å². The van der Waals surface area contributed by atoms with Crippen molar-refractivity contribution in [3.05, 3.63) is 51.8 Å². The number of thioether (sulfide) groups is 1. The Labute approximate surface area is 179 Å². The summed E-state index contributed by atoms with van der Waals surface area (Å²) in [6.07, 6.45) is 0. The van der Waals surface area contributed by atoms with Gasteiger partial charge in [0.25, 0.3) is 0 Å². The van der Waals surface area contributed by atoms with Crippen molar-refractivity contribution in [2.45, 2.75) is 31.9 Å². The van der Waals surface area contributed by atoms with Gasteiger partial charge in [0, 0.05) is 5.56 Å². The molecule has 1 aromatic carbocycles. The molecule has 0 aliphatic carbocycles. The van der Waals surface area contributed by atoms with E-state index in [0.717, 1.165) is 0 Å². The summed E-state index contributed by atoms with van der Waals surface area (Å²) >= 11 is 1.21. The zero-order valence-electron chi connectivity index (χ0n) is 17.3. The molecule has 1 fully saturated rings. The lowest BCUT2D eigenvalue weighted by atomic mass is 9.82. The maximum absolute atomic E-state index is 13.1. The highest BCUT2D eigenvalue weighted by atomic mass is 32.2. The number of hydrogen-bond donors (Lipinski definition) is 1. The molecule has 1 aromatic rings. The Balaban J connectivity index is 2.34. The van der Waals surface area contributed by atoms with Gasteiger partial charge in [0.2, 0.25) is 5.91 Å². The van der Waals surface area contributed by atoms with Crippen molar-refractivity contribution in [1.82, 2.24) is 4.90 Å². The maximum atomic E-state index is 13.1. The molecule has 8 nitrogen and oxygen atoms in total. The van der Waals surface area contributed by atoms with Crippen LogP contribution in [0.3, 0.4) is 0 Å². The fraction of sp³-hybridized carbons (Fsp3) is 0.381. The van der Waals surface area contributed by atoms with E-state index in [1.165, 1.54) is 23.8 Å². The number of nitrogens with two attached hydrogens (primary N) is 1. The van der Waals surface area contributed by atoms with E-state index in [-0.39, 0.29) is 36.1 Å². The topological polar surface area (TPSA) is 108 Å². The highest BCUT2D eigenvalue weighted by Gasteiger charge is 2.49. The molecule has 2 aliphatic heterocycles. The van der Waals surface area contributed by atoms with Crippen molar-refractivity contribution in [2.24, 2.45) is 5.73 Å². The van der Waals surface area contributed by atoms with Crippen LogP contribution < -0.4 is 10.5 Å². The van der Waals surface area contributed by atoms with Gasteiger partial charge in [-0.3, -0.25) is 9.69 Å². The van der Waals surface area contributed by atoms with Crippen molar-refractivity contribution in [3.63, 3.8) is 0 Å². The van der Waals surface area contributed by atoms with E-state index in [4.69, 9.17) is 19.9 Å². The first-order chi connectivity index (χ1) is 14.4. The Hall–Kier alpha value is -2.94. The summed E-state index contributed by atoms with van der Waals surface area (Å²) in [6, 6.07) is 7.02. The van der Waals surface area contributed by atoms with Crippen LogP contribution in [0.25, 0.3) is 0 Å². The second-order valence-corrected chi connectivity index (χ2v) is 7.90. The lowest BCUT2D eigenvalue weighted by molar-refractivity contribution is -0.139. The van der Waals surface area contributed by atoms with Crippen LogP contribution in [0, 0.1) is 0 Å². The van der Waals surface area contributed by atoms with Gasteiger partial charge in [-0.15, -0.1) is 0 Å². The number of hydrogen-bond acceptors (Lipinski definition) is 8. The summed E-state index contributed by atoms with van der Waals surface area (Å²) in [5.74, 6) is -2.13. The number of amides is 1. The van der Waals surface area contributed by atoms with Gasteiger partial charge in [0.15, 0.2) is 0 Å². The van der Waals surface area contributed by atoms with Gasteiger partial charge in [-0.05, 0) is 26.8 Å². The Morgan fingerprint density at radius 2 is 1.70 bits per heavy atom. The summed E-state index contributed by atoms with van der Waals surface area (Å²) in [5.41, 5.74) is 7.08. The van der Waals surface area contributed by atoms with E-state index in [9.17, 15) is 14.4 Å². The SMILES string of the molecule is CCOC(=O)C1=C(N)N2C(=O)C(C)SC2=C(C(=O)OCC)C1c1ccccc1OC. The van der Waals surface area contributed by atoms with Gasteiger partial charge >= 0.3 is 11.9 Å². The number of esters is 2. The number of ether oxygens (including phenoxy) is 3. The van der Waals surface area contributed by atoms with Crippen LogP contribution in [0.1, 0.15) is 32.3 Å². The smallest absolute Gasteiger partial charge is 0.338 e. The monoisotopic (exact) mass is 432 g/mol. The van der Waals surface area contributed by atoms with Crippen LogP contribution in [0.2, 0.25) is 0 Å². The Bertz CT molecular complexity index is 955. The molecule has 3 rings (SSSR count). The summed E-state index contributed by atoms with van der Waals surface area (Å²) in [7, 11) is 1.50. The van der Waals surface area contributed by atoms with Gasteiger partial charge < -0.3 is 19.9 Å². The Kier molecular flexibility index (Phi) is 6.40. The molecular formula is C21H24N2O6S. The molecule has 9 heteroatoms. The third kappa shape index (κ3) is 3.54. The number of benzene rings is 1. The lowest BCUT2D eigenvalue weighted by Crippen LogP contribution is -2.40. The van der Waals surface area contributed by atoms with Crippen molar-refractivity contribution in [2.75, 3.05) is 20.3 Å².